The quantitative estimate of drug-likeness (QED) is 0.420. The van der Waals surface area contributed by atoms with Crippen molar-refractivity contribution in [3.05, 3.63) is 78.9 Å². The highest BCUT2D eigenvalue weighted by Gasteiger charge is 2.15. The number of rotatable bonds is 7. The average molecular weight is 417 g/mol. The second-order valence-electron chi connectivity index (χ2n) is 6.35. The maximum Gasteiger partial charge on any atom is 0.262 e. The van der Waals surface area contributed by atoms with Crippen LogP contribution in [0.5, 0.6) is 5.75 Å². The maximum absolute atomic E-state index is 12.3. The number of nitrogens with zero attached hydrogens (tertiary/aromatic N) is 2. The Morgan fingerprint density at radius 2 is 1.83 bits per heavy atom. The van der Waals surface area contributed by atoms with Crippen LogP contribution in [0.2, 0.25) is 0 Å². The zero-order chi connectivity index (χ0) is 20.8. The number of anilines is 1. The molecule has 4 rings (SSSR count). The fourth-order valence-corrected chi connectivity index (χ4v) is 3.59. The van der Waals surface area contributed by atoms with E-state index in [2.05, 4.69) is 15.5 Å². The number of carbonyl (C=O) groups is 1. The molecule has 6 nitrogen and oxygen atoms in total. The van der Waals surface area contributed by atoms with Gasteiger partial charge in [0.1, 0.15) is 5.75 Å². The van der Waals surface area contributed by atoms with Crippen molar-refractivity contribution >= 4 is 23.4 Å². The lowest BCUT2D eigenvalue weighted by Gasteiger charge is -2.06. The van der Waals surface area contributed by atoms with E-state index >= 15 is 0 Å². The first-order valence-electron chi connectivity index (χ1n) is 9.28. The Morgan fingerprint density at radius 3 is 2.67 bits per heavy atom. The molecule has 30 heavy (non-hydrogen) atoms. The summed E-state index contributed by atoms with van der Waals surface area (Å²) in [5, 5.41) is 6.99. The fourth-order valence-electron chi connectivity index (χ4n) is 2.87. The second-order valence-corrected chi connectivity index (χ2v) is 7.40. The summed E-state index contributed by atoms with van der Waals surface area (Å²) in [5.41, 5.74) is 2.14. The number of benzene rings is 3. The van der Waals surface area contributed by atoms with E-state index in [1.807, 2.05) is 78.9 Å². The van der Waals surface area contributed by atoms with Crippen LogP contribution in [0.25, 0.3) is 22.8 Å². The SMILES string of the molecule is COc1ccccc1-c1nc(-c2cccc(NC(=O)CSc3ccccc3)c2)no1. The zero-order valence-corrected chi connectivity index (χ0v) is 17.1. The van der Waals surface area contributed by atoms with Crippen molar-refractivity contribution in [1.29, 1.82) is 0 Å². The van der Waals surface area contributed by atoms with Gasteiger partial charge in [0.15, 0.2) is 0 Å². The highest BCUT2D eigenvalue weighted by molar-refractivity contribution is 8.00. The summed E-state index contributed by atoms with van der Waals surface area (Å²) in [5.74, 6) is 1.71. The van der Waals surface area contributed by atoms with Gasteiger partial charge in [0.05, 0.1) is 18.4 Å². The fraction of sp³-hybridized carbons (Fsp3) is 0.0870. The number of thioether (sulfide) groups is 1. The van der Waals surface area contributed by atoms with Crippen molar-refractivity contribution in [3.8, 4) is 28.6 Å². The third-order valence-electron chi connectivity index (χ3n) is 4.28. The van der Waals surface area contributed by atoms with Gasteiger partial charge >= 0.3 is 0 Å². The molecule has 0 saturated heterocycles. The summed E-state index contributed by atoms with van der Waals surface area (Å²) < 4.78 is 10.8. The minimum atomic E-state index is -0.0798. The Morgan fingerprint density at radius 1 is 1.03 bits per heavy atom. The van der Waals surface area contributed by atoms with Crippen LogP contribution < -0.4 is 10.1 Å². The highest BCUT2D eigenvalue weighted by atomic mass is 32.2. The Balaban J connectivity index is 1.46. The normalized spacial score (nSPS) is 10.6. The number of carbonyl (C=O) groups excluding carboxylic acids is 1. The van der Waals surface area contributed by atoms with Crippen LogP contribution in [-0.2, 0) is 4.79 Å². The predicted octanol–water partition coefficient (Wildman–Crippen LogP) is 5.14. The molecule has 0 unspecified atom stereocenters. The van der Waals surface area contributed by atoms with E-state index in [1.165, 1.54) is 11.8 Å². The van der Waals surface area contributed by atoms with Crippen LogP contribution in [0.15, 0.2) is 88.3 Å². The molecule has 0 aliphatic heterocycles. The number of hydrogen-bond acceptors (Lipinski definition) is 6. The average Bonchev–Trinajstić information content (AvgIpc) is 3.29. The van der Waals surface area contributed by atoms with Gasteiger partial charge in [0.2, 0.25) is 11.7 Å². The molecule has 1 aromatic heterocycles. The molecule has 0 aliphatic carbocycles. The summed E-state index contributed by atoms with van der Waals surface area (Å²) in [4.78, 5) is 17.8. The number of amides is 1. The van der Waals surface area contributed by atoms with Gasteiger partial charge in [0, 0.05) is 16.1 Å². The first kappa shape index (κ1) is 19.7. The predicted molar refractivity (Wildman–Crippen MR) is 118 cm³/mol. The third kappa shape index (κ3) is 4.69. The van der Waals surface area contributed by atoms with E-state index in [-0.39, 0.29) is 5.91 Å². The van der Waals surface area contributed by atoms with E-state index in [9.17, 15) is 4.79 Å². The summed E-state index contributed by atoms with van der Waals surface area (Å²) in [6.07, 6.45) is 0. The number of methoxy groups -OCH3 is 1. The summed E-state index contributed by atoms with van der Waals surface area (Å²) in [6.45, 7) is 0. The van der Waals surface area contributed by atoms with Crippen molar-refractivity contribution < 1.29 is 14.1 Å². The third-order valence-corrected chi connectivity index (χ3v) is 5.29. The molecule has 1 N–H and O–H groups in total. The molecule has 1 heterocycles. The first-order chi connectivity index (χ1) is 14.7. The number of aromatic nitrogens is 2. The topological polar surface area (TPSA) is 77.2 Å². The summed E-state index contributed by atoms with van der Waals surface area (Å²) in [7, 11) is 1.60. The molecule has 0 spiro atoms. The van der Waals surface area contributed by atoms with Gasteiger partial charge in [-0.2, -0.15) is 4.98 Å². The van der Waals surface area contributed by atoms with E-state index in [0.29, 0.717) is 28.9 Å². The molecule has 0 bridgehead atoms. The molecule has 3 aromatic carbocycles. The maximum atomic E-state index is 12.3. The van der Waals surface area contributed by atoms with E-state index < -0.39 is 0 Å². The van der Waals surface area contributed by atoms with Gasteiger partial charge in [-0.3, -0.25) is 4.79 Å². The monoisotopic (exact) mass is 417 g/mol. The lowest BCUT2D eigenvalue weighted by molar-refractivity contribution is -0.113. The molecule has 0 saturated carbocycles. The largest absolute Gasteiger partial charge is 0.496 e. The number of hydrogen-bond donors (Lipinski definition) is 1. The smallest absolute Gasteiger partial charge is 0.262 e. The van der Waals surface area contributed by atoms with E-state index in [0.717, 1.165) is 16.0 Å². The standard InChI is InChI=1S/C23H19N3O3S/c1-28-20-13-6-5-12-19(20)23-25-22(26-29-23)16-8-7-9-17(14-16)24-21(27)15-30-18-10-3-2-4-11-18/h2-14H,15H2,1H3,(H,24,27). The van der Waals surface area contributed by atoms with Crippen molar-refractivity contribution in [1.82, 2.24) is 10.1 Å². The van der Waals surface area contributed by atoms with Crippen molar-refractivity contribution in [2.45, 2.75) is 4.90 Å². The second kappa shape index (κ2) is 9.28. The van der Waals surface area contributed by atoms with Crippen molar-refractivity contribution in [3.63, 3.8) is 0 Å². The minimum Gasteiger partial charge on any atom is -0.496 e. The Kier molecular flexibility index (Phi) is 6.10. The molecule has 4 aromatic rings. The molecule has 0 aliphatic rings. The van der Waals surface area contributed by atoms with Gasteiger partial charge in [-0.25, -0.2) is 0 Å². The zero-order valence-electron chi connectivity index (χ0n) is 16.2. The molecule has 1 amide bonds. The summed E-state index contributed by atoms with van der Waals surface area (Å²) >= 11 is 1.49. The van der Waals surface area contributed by atoms with Crippen molar-refractivity contribution in [2.75, 3.05) is 18.2 Å². The molecule has 0 radical (unpaired) electrons. The molecular weight excluding hydrogens is 398 g/mol. The Bertz CT molecular complexity index is 1150. The van der Waals surface area contributed by atoms with E-state index in [1.54, 1.807) is 7.11 Å². The molecule has 0 fully saturated rings. The van der Waals surface area contributed by atoms with Gasteiger partial charge < -0.3 is 14.6 Å². The van der Waals surface area contributed by atoms with Crippen molar-refractivity contribution in [2.24, 2.45) is 0 Å². The van der Waals surface area contributed by atoms with Gasteiger partial charge in [-0.15, -0.1) is 11.8 Å². The Labute approximate surface area is 178 Å². The van der Waals surface area contributed by atoms with Gasteiger partial charge in [-0.05, 0) is 36.4 Å². The van der Waals surface area contributed by atoms with Gasteiger partial charge in [-0.1, -0.05) is 47.6 Å². The van der Waals surface area contributed by atoms with Crippen LogP contribution in [0, 0.1) is 0 Å². The minimum absolute atomic E-state index is 0.0798. The van der Waals surface area contributed by atoms with Crippen LogP contribution in [0.1, 0.15) is 0 Å². The van der Waals surface area contributed by atoms with Crippen LogP contribution in [0.3, 0.4) is 0 Å². The number of para-hydroxylation sites is 1. The van der Waals surface area contributed by atoms with Crippen LogP contribution in [-0.4, -0.2) is 28.9 Å². The van der Waals surface area contributed by atoms with Gasteiger partial charge in [0.25, 0.3) is 5.89 Å². The first-order valence-corrected chi connectivity index (χ1v) is 10.3. The molecule has 150 valence electrons. The van der Waals surface area contributed by atoms with Crippen LogP contribution >= 0.6 is 11.8 Å². The van der Waals surface area contributed by atoms with E-state index in [4.69, 9.17) is 9.26 Å². The molecular formula is C23H19N3O3S. The lowest BCUT2D eigenvalue weighted by Crippen LogP contribution is -2.13. The summed E-state index contributed by atoms with van der Waals surface area (Å²) in [6, 6.07) is 24.6. The Hall–Kier alpha value is -3.58. The molecule has 7 heteroatoms. The van der Waals surface area contributed by atoms with Crippen LogP contribution in [0.4, 0.5) is 5.69 Å². The molecule has 0 atom stereocenters. The number of nitrogens with one attached hydrogen (secondary N) is 1. The number of ether oxygens (including phenoxy) is 1. The lowest BCUT2D eigenvalue weighted by atomic mass is 10.2. The highest BCUT2D eigenvalue weighted by Crippen LogP contribution is 2.30.